The van der Waals surface area contributed by atoms with Crippen molar-refractivity contribution in [2.75, 3.05) is 0 Å². The van der Waals surface area contributed by atoms with Crippen molar-refractivity contribution in [1.29, 1.82) is 0 Å². The summed E-state index contributed by atoms with van der Waals surface area (Å²) in [5.41, 5.74) is 0.336. The van der Waals surface area contributed by atoms with E-state index in [0.29, 0.717) is 24.4 Å². The third-order valence-corrected chi connectivity index (χ3v) is 4.07. The smallest absolute Gasteiger partial charge is 0.254 e. The van der Waals surface area contributed by atoms with Gasteiger partial charge < -0.3 is 9.32 Å². The molecule has 22 heavy (non-hydrogen) atoms. The fourth-order valence-corrected chi connectivity index (χ4v) is 2.90. The van der Waals surface area contributed by atoms with Crippen LogP contribution in [0.15, 0.2) is 64.6 Å². The Morgan fingerprint density at radius 3 is 2.73 bits per heavy atom. The van der Waals surface area contributed by atoms with Crippen molar-refractivity contribution in [2.45, 2.75) is 13.1 Å². The molecule has 2 aromatic heterocycles. The number of benzene rings is 1. The summed E-state index contributed by atoms with van der Waals surface area (Å²) in [5.74, 6) is 0.0607. The standard InChI is InChI=1S/C17H14FNO2S/c18-14-5-1-4-13(10-14)17(20)19(11-15-6-2-8-21-15)12-16-7-3-9-22-16/h1-10H,11-12H2. The average Bonchev–Trinajstić information content (AvgIpc) is 3.19. The molecule has 0 unspecified atom stereocenters. The van der Waals surface area contributed by atoms with E-state index in [1.54, 1.807) is 40.7 Å². The Kier molecular flexibility index (Phi) is 4.34. The van der Waals surface area contributed by atoms with Gasteiger partial charge in [-0.15, -0.1) is 11.3 Å². The maximum Gasteiger partial charge on any atom is 0.254 e. The van der Waals surface area contributed by atoms with Crippen LogP contribution >= 0.6 is 11.3 Å². The molecule has 0 N–H and O–H groups in total. The SMILES string of the molecule is O=C(c1cccc(F)c1)N(Cc1ccco1)Cc1cccs1. The van der Waals surface area contributed by atoms with Crippen molar-refractivity contribution in [1.82, 2.24) is 4.90 Å². The number of nitrogens with zero attached hydrogens (tertiary/aromatic N) is 1. The van der Waals surface area contributed by atoms with Gasteiger partial charge in [-0.3, -0.25) is 4.79 Å². The molecule has 0 saturated heterocycles. The predicted octanol–water partition coefficient (Wildman–Crippen LogP) is 4.32. The second-order valence-electron chi connectivity index (χ2n) is 4.83. The van der Waals surface area contributed by atoms with Crippen LogP contribution in [0, 0.1) is 5.82 Å². The number of thiophene rings is 1. The molecular formula is C17H14FNO2S. The highest BCUT2D eigenvalue weighted by Gasteiger charge is 2.18. The number of amides is 1. The molecule has 0 fully saturated rings. The van der Waals surface area contributed by atoms with Crippen LogP contribution < -0.4 is 0 Å². The molecular weight excluding hydrogens is 301 g/mol. The molecule has 0 aliphatic carbocycles. The summed E-state index contributed by atoms with van der Waals surface area (Å²) in [6, 6.07) is 13.3. The zero-order valence-electron chi connectivity index (χ0n) is 11.7. The molecule has 0 bridgehead atoms. The third-order valence-electron chi connectivity index (χ3n) is 3.21. The number of carbonyl (C=O) groups is 1. The van der Waals surface area contributed by atoms with E-state index in [-0.39, 0.29) is 5.91 Å². The minimum absolute atomic E-state index is 0.218. The minimum Gasteiger partial charge on any atom is -0.467 e. The number of carbonyl (C=O) groups excluding carboxylic acids is 1. The first kappa shape index (κ1) is 14.5. The lowest BCUT2D eigenvalue weighted by atomic mass is 10.2. The Morgan fingerprint density at radius 1 is 1.14 bits per heavy atom. The van der Waals surface area contributed by atoms with Crippen LogP contribution in [-0.4, -0.2) is 10.8 Å². The van der Waals surface area contributed by atoms with Crippen LogP contribution in [0.5, 0.6) is 0 Å². The molecule has 112 valence electrons. The number of furan rings is 1. The van der Waals surface area contributed by atoms with Crippen molar-refractivity contribution < 1.29 is 13.6 Å². The highest BCUT2D eigenvalue weighted by Crippen LogP contribution is 2.18. The molecule has 0 atom stereocenters. The van der Waals surface area contributed by atoms with Crippen LogP contribution in [0.4, 0.5) is 4.39 Å². The molecule has 1 amide bonds. The Morgan fingerprint density at radius 2 is 2.05 bits per heavy atom. The Hall–Kier alpha value is -2.40. The van der Waals surface area contributed by atoms with E-state index >= 15 is 0 Å². The maximum absolute atomic E-state index is 13.4. The molecule has 0 radical (unpaired) electrons. The summed E-state index contributed by atoms with van der Waals surface area (Å²) >= 11 is 1.58. The largest absolute Gasteiger partial charge is 0.467 e. The van der Waals surface area contributed by atoms with Gasteiger partial charge in [-0.25, -0.2) is 4.39 Å². The van der Waals surface area contributed by atoms with Crippen LogP contribution in [0.3, 0.4) is 0 Å². The number of halogens is 1. The first-order chi connectivity index (χ1) is 10.7. The van der Waals surface area contributed by atoms with Gasteiger partial charge in [-0.1, -0.05) is 12.1 Å². The first-order valence-corrected chi connectivity index (χ1v) is 7.70. The zero-order valence-corrected chi connectivity index (χ0v) is 12.6. The highest BCUT2D eigenvalue weighted by molar-refractivity contribution is 7.09. The van der Waals surface area contributed by atoms with E-state index < -0.39 is 5.82 Å². The van der Waals surface area contributed by atoms with Crippen molar-refractivity contribution in [3.63, 3.8) is 0 Å². The monoisotopic (exact) mass is 315 g/mol. The summed E-state index contributed by atoms with van der Waals surface area (Å²) in [5, 5.41) is 1.97. The van der Waals surface area contributed by atoms with E-state index in [1.165, 1.54) is 12.1 Å². The van der Waals surface area contributed by atoms with Crippen LogP contribution in [0.25, 0.3) is 0 Å². The molecule has 3 rings (SSSR count). The second kappa shape index (κ2) is 6.58. The lowest BCUT2D eigenvalue weighted by molar-refractivity contribution is 0.0719. The Bertz CT molecular complexity index is 702. The van der Waals surface area contributed by atoms with E-state index in [4.69, 9.17) is 4.42 Å². The van der Waals surface area contributed by atoms with Gasteiger partial charge in [0, 0.05) is 10.4 Å². The molecule has 0 aliphatic rings. The van der Waals surface area contributed by atoms with E-state index in [1.807, 2.05) is 23.6 Å². The van der Waals surface area contributed by atoms with E-state index in [9.17, 15) is 9.18 Å². The average molecular weight is 315 g/mol. The third kappa shape index (κ3) is 3.43. The van der Waals surface area contributed by atoms with Crippen molar-refractivity contribution in [3.8, 4) is 0 Å². The highest BCUT2D eigenvalue weighted by atomic mass is 32.1. The van der Waals surface area contributed by atoms with Gasteiger partial charge in [0.2, 0.25) is 0 Å². The fourth-order valence-electron chi connectivity index (χ4n) is 2.18. The summed E-state index contributed by atoms with van der Waals surface area (Å²) in [4.78, 5) is 15.4. The predicted molar refractivity (Wildman–Crippen MR) is 83.0 cm³/mol. The van der Waals surface area contributed by atoms with Gasteiger partial charge in [0.1, 0.15) is 11.6 Å². The fraction of sp³-hybridized carbons (Fsp3) is 0.118. The van der Waals surface area contributed by atoms with Gasteiger partial charge in [0.25, 0.3) is 5.91 Å². The lowest BCUT2D eigenvalue weighted by Crippen LogP contribution is -2.29. The molecule has 0 saturated carbocycles. The molecule has 1 aromatic carbocycles. The molecule has 5 heteroatoms. The van der Waals surface area contributed by atoms with E-state index in [0.717, 1.165) is 4.88 Å². The summed E-state index contributed by atoms with van der Waals surface area (Å²) < 4.78 is 18.7. The first-order valence-electron chi connectivity index (χ1n) is 6.82. The molecule has 3 nitrogen and oxygen atoms in total. The van der Waals surface area contributed by atoms with Gasteiger partial charge in [-0.05, 0) is 41.8 Å². The second-order valence-corrected chi connectivity index (χ2v) is 5.86. The topological polar surface area (TPSA) is 33.5 Å². The summed E-state index contributed by atoms with van der Waals surface area (Å²) in [6.07, 6.45) is 1.57. The quantitative estimate of drug-likeness (QED) is 0.702. The summed E-state index contributed by atoms with van der Waals surface area (Å²) in [7, 11) is 0. The van der Waals surface area contributed by atoms with Gasteiger partial charge >= 0.3 is 0 Å². The lowest BCUT2D eigenvalue weighted by Gasteiger charge is -2.21. The van der Waals surface area contributed by atoms with Crippen molar-refractivity contribution >= 4 is 17.2 Å². The van der Waals surface area contributed by atoms with Gasteiger partial charge in [0.15, 0.2) is 0 Å². The molecule has 0 aliphatic heterocycles. The number of hydrogen-bond acceptors (Lipinski definition) is 3. The molecule has 3 aromatic rings. The van der Waals surface area contributed by atoms with Gasteiger partial charge in [-0.2, -0.15) is 0 Å². The minimum atomic E-state index is -0.417. The van der Waals surface area contributed by atoms with Crippen molar-refractivity contribution in [3.05, 3.63) is 82.2 Å². The normalized spacial score (nSPS) is 10.6. The van der Waals surface area contributed by atoms with E-state index in [2.05, 4.69) is 0 Å². The van der Waals surface area contributed by atoms with Crippen LogP contribution in [-0.2, 0) is 13.1 Å². The van der Waals surface area contributed by atoms with Crippen LogP contribution in [0.2, 0.25) is 0 Å². The molecule has 2 heterocycles. The zero-order chi connectivity index (χ0) is 15.4. The maximum atomic E-state index is 13.4. The Balaban J connectivity index is 1.85. The summed E-state index contributed by atoms with van der Waals surface area (Å²) in [6.45, 7) is 0.813. The number of rotatable bonds is 5. The Labute approximate surface area is 131 Å². The van der Waals surface area contributed by atoms with Crippen LogP contribution in [0.1, 0.15) is 21.0 Å². The van der Waals surface area contributed by atoms with Crippen molar-refractivity contribution in [2.24, 2.45) is 0 Å². The molecule has 0 spiro atoms. The number of hydrogen-bond donors (Lipinski definition) is 0. The van der Waals surface area contributed by atoms with Gasteiger partial charge in [0.05, 0.1) is 19.4 Å².